The molecule has 0 bridgehead atoms. The van der Waals surface area contributed by atoms with Crippen molar-refractivity contribution in [2.24, 2.45) is 11.1 Å². The van der Waals surface area contributed by atoms with E-state index in [2.05, 4.69) is 39.9 Å². The summed E-state index contributed by atoms with van der Waals surface area (Å²) in [6.45, 7) is 12.0. The quantitative estimate of drug-likeness (QED) is 0.735. The first kappa shape index (κ1) is 13.0. The first-order valence-corrected chi connectivity index (χ1v) is 6.26. The number of hydrogen-bond donors (Lipinski definition) is 2. The Hall–Kier alpha value is -0.0800. The zero-order valence-electron chi connectivity index (χ0n) is 11.1. The van der Waals surface area contributed by atoms with Gasteiger partial charge in [0.15, 0.2) is 0 Å². The molecule has 0 amide bonds. The third-order valence-corrected chi connectivity index (χ3v) is 4.64. The predicted molar refractivity (Wildman–Crippen MR) is 66.9 cm³/mol. The van der Waals surface area contributed by atoms with Gasteiger partial charge in [-0.3, -0.25) is 0 Å². The van der Waals surface area contributed by atoms with Crippen molar-refractivity contribution in [2.45, 2.75) is 71.4 Å². The van der Waals surface area contributed by atoms with Crippen molar-refractivity contribution >= 4 is 0 Å². The molecule has 0 spiro atoms. The third kappa shape index (κ3) is 2.73. The van der Waals surface area contributed by atoms with E-state index in [4.69, 9.17) is 5.73 Å². The van der Waals surface area contributed by atoms with Crippen molar-refractivity contribution in [1.29, 1.82) is 0 Å². The molecule has 15 heavy (non-hydrogen) atoms. The monoisotopic (exact) mass is 212 g/mol. The smallest absolute Gasteiger partial charge is 0.0179 e. The van der Waals surface area contributed by atoms with Gasteiger partial charge in [-0.15, -0.1) is 0 Å². The lowest BCUT2D eigenvalue weighted by atomic mass is 9.71. The minimum atomic E-state index is -0.126. The standard InChI is InChI=1S/C13H28N2/c1-6-13(8-7-9-13)15-10-11(2,3)12(4,5)14/h15H,6-10,14H2,1-5H3. The van der Waals surface area contributed by atoms with E-state index in [1.54, 1.807) is 0 Å². The lowest BCUT2D eigenvalue weighted by Gasteiger charge is -2.47. The molecule has 1 fully saturated rings. The van der Waals surface area contributed by atoms with Gasteiger partial charge in [-0.1, -0.05) is 20.8 Å². The molecule has 0 radical (unpaired) electrons. The number of hydrogen-bond acceptors (Lipinski definition) is 2. The van der Waals surface area contributed by atoms with Gasteiger partial charge in [0.25, 0.3) is 0 Å². The average Bonchev–Trinajstić information content (AvgIpc) is 2.00. The first-order valence-electron chi connectivity index (χ1n) is 6.26. The Morgan fingerprint density at radius 2 is 1.73 bits per heavy atom. The van der Waals surface area contributed by atoms with Gasteiger partial charge in [0, 0.05) is 17.6 Å². The Balaban J connectivity index is 2.49. The summed E-state index contributed by atoms with van der Waals surface area (Å²) in [5, 5.41) is 3.75. The fraction of sp³-hybridized carbons (Fsp3) is 1.00. The van der Waals surface area contributed by atoms with Gasteiger partial charge < -0.3 is 11.1 Å². The van der Waals surface area contributed by atoms with Crippen LogP contribution >= 0.6 is 0 Å². The summed E-state index contributed by atoms with van der Waals surface area (Å²) in [5.74, 6) is 0. The number of nitrogens with two attached hydrogens (primary N) is 1. The maximum absolute atomic E-state index is 6.20. The molecule has 0 aromatic rings. The molecular weight excluding hydrogens is 184 g/mol. The van der Waals surface area contributed by atoms with Crippen molar-refractivity contribution in [3.63, 3.8) is 0 Å². The van der Waals surface area contributed by atoms with E-state index in [1.807, 2.05) is 0 Å². The van der Waals surface area contributed by atoms with E-state index in [0.717, 1.165) is 6.54 Å². The van der Waals surface area contributed by atoms with E-state index in [9.17, 15) is 0 Å². The van der Waals surface area contributed by atoms with Crippen LogP contribution in [-0.4, -0.2) is 17.6 Å². The van der Waals surface area contributed by atoms with Crippen LogP contribution < -0.4 is 11.1 Å². The number of nitrogens with one attached hydrogen (secondary N) is 1. The van der Waals surface area contributed by atoms with Crippen LogP contribution in [0.2, 0.25) is 0 Å². The second-order valence-corrected chi connectivity index (χ2v) is 6.45. The van der Waals surface area contributed by atoms with Crippen molar-refractivity contribution in [3.05, 3.63) is 0 Å². The zero-order chi connectivity index (χ0) is 11.7. The molecule has 0 aromatic heterocycles. The van der Waals surface area contributed by atoms with Crippen LogP contribution in [0.4, 0.5) is 0 Å². The van der Waals surface area contributed by atoms with E-state index in [1.165, 1.54) is 25.7 Å². The van der Waals surface area contributed by atoms with Crippen LogP contribution in [0.5, 0.6) is 0 Å². The maximum atomic E-state index is 6.20. The Morgan fingerprint density at radius 3 is 2.00 bits per heavy atom. The Kier molecular flexibility index (Phi) is 3.52. The van der Waals surface area contributed by atoms with Crippen molar-refractivity contribution in [2.75, 3.05) is 6.54 Å². The van der Waals surface area contributed by atoms with Crippen LogP contribution in [0.15, 0.2) is 0 Å². The normalized spacial score (nSPS) is 21.2. The molecule has 1 rings (SSSR count). The van der Waals surface area contributed by atoms with Crippen molar-refractivity contribution in [3.8, 4) is 0 Å². The summed E-state index contributed by atoms with van der Waals surface area (Å²) in [4.78, 5) is 0. The minimum absolute atomic E-state index is 0.126. The molecule has 0 aromatic carbocycles. The molecule has 0 heterocycles. The molecule has 90 valence electrons. The van der Waals surface area contributed by atoms with Crippen molar-refractivity contribution < 1.29 is 0 Å². The van der Waals surface area contributed by atoms with Crippen molar-refractivity contribution in [1.82, 2.24) is 5.32 Å². The Bertz CT molecular complexity index is 204. The van der Waals surface area contributed by atoms with Crippen LogP contribution in [0.1, 0.15) is 60.3 Å². The highest BCUT2D eigenvalue weighted by Crippen LogP contribution is 2.36. The Morgan fingerprint density at radius 1 is 1.20 bits per heavy atom. The Labute approximate surface area is 95.0 Å². The predicted octanol–water partition coefficient (Wildman–Crippen LogP) is 2.67. The first-order chi connectivity index (χ1) is 6.72. The van der Waals surface area contributed by atoms with Gasteiger partial charge in [0.2, 0.25) is 0 Å². The summed E-state index contributed by atoms with van der Waals surface area (Å²) < 4.78 is 0. The highest BCUT2D eigenvalue weighted by Gasteiger charge is 2.39. The molecular formula is C13H28N2. The molecule has 0 atom stereocenters. The van der Waals surface area contributed by atoms with Gasteiger partial charge in [-0.05, 0) is 44.9 Å². The summed E-state index contributed by atoms with van der Waals surface area (Å²) in [6, 6.07) is 0. The van der Waals surface area contributed by atoms with Gasteiger partial charge in [0.05, 0.1) is 0 Å². The van der Waals surface area contributed by atoms with Crippen LogP contribution in [0, 0.1) is 5.41 Å². The van der Waals surface area contributed by atoms with E-state index in [0.29, 0.717) is 5.54 Å². The van der Waals surface area contributed by atoms with Crippen LogP contribution in [0.25, 0.3) is 0 Å². The summed E-state index contributed by atoms with van der Waals surface area (Å²) in [5.41, 5.74) is 6.65. The molecule has 0 aliphatic heterocycles. The molecule has 2 nitrogen and oxygen atoms in total. The second-order valence-electron chi connectivity index (χ2n) is 6.45. The van der Waals surface area contributed by atoms with Crippen LogP contribution in [-0.2, 0) is 0 Å². The minimum Gasteiger partial charge on any atom is -0.325 e. The topological polar surface area (TPSA) is 38.0 Å². The van der Waals surface area contributed by atoms with Gasteiger partial charge in [-0.25, -0.2) is 0 Å². The van der Waals surface area contributed by atoms with Gasteiger partial charge >= 0.3 is 0 Å². The highest BCUT2D eigenvalue weighted by atomic mass is 15.0. The average molecular weight is 212 g/mol. The lowest BCUT2D eigenvalue weighted by molar-refractivity contribution is 0.121. The molecule has 1 aliphatic rings. The van der Waals surface area contributed by atoms with E-state index < -0.39 is 0 Å². The molecule has 2 heteroatoms. The molecule has 1 aliphatic carbocycles. The van der Waals surface area contributed by atoms with E-state index >= 15 is 0 Å². The molecule has 1 saturated carbocycles. The SMILES string of the molecule is CCC1(NCC(C)(C)C(C)(C)N)CCC1. The molecule has 3 N–H and O–H groups in total. The van der Waals surface area contributed by atoms with Crippen LogP contribution in [0.3, 0.4) is 0 Å². The maximum Gasteiger partial charge on any atom is 0.0179 e. The lowest BCUT2D eigenvalue weighted by Crippen LogP contribution is -2.58. The summed E-state index contributed by atoms with van der Waals surface area (Å²) in [7, 11) is 0. The molecule has 0 saturated heterocycles. The fourth-order valence-electron chi connectivity index (χ4n) is 1.90. The second kappa shape index (κ2) is 4.06. The van der Waals surface area contributed by atoms with Gasteiger partial charge in [-0.2, -0.15) is 0 Å². The summed E-state index contributed by atoms with van der Waals surface area (Å²) >= 11 is 0. The summed E-state index contributed by atoms with van der Waals surface area (Å²) in [6.07, 6.45) is 5.30. The largest absolute Gasteiger partial charge is 0.325 e. The molecule has 0 unspecified atom stereocenters. The number of rotatable bonds is 5. The third-order valence-electron chi connectivity index (χ3n) is 4.64. The zero-order valence-corrected chi connectivity index (χ0v) is 11.1. The fourth-order valence-corrected chi connectivity index (χ4v) is 1.90. The van der Waals surface area contributed by atoms with Gasteiger partial charge in [0.1, 0.15) is 0 Å². The highest BCUT2D eigenvalue weighted by molar-refractivity contribution is 4.99. The van der Waals surface area contributed by atoms with E-state index in [-0.39, 0.29) is 11.0 Å².